The van der Waals surface area contributed by atoms with Crippen LogP contribution in [0.5, 0.6) is 0 Å². The first kappa shape index (κ1) is 32.2. The van der Waals surface area contributed by atoms with Gasteiger partial charge < -0.3 is 25.8 Å². The van der Waals surface area contributed by atoms with E-state index in [0.717, 1.165) is 17.3 Å². The van der Waals surface area contributed by atoms with Crippen molar-refractivity contribution in [2.75, 3.05) is 29.1 Å². The number of carbonyl (C=O) groups is 2. The minimum Gasteiger partial charge on any atom is -0.495 e. The Balaban J connectivity index is 1.49. The molecule has 3 aromatic rings. The summed E-state index contributed by atoms with van der Waals surface area (Å²) in [5.41, 5.74) is 0.675. The topological polar surface area (TPSA) is 99.7 Å². The highest BCUT2D eigenvalue weighted by molar-refractivity contribution is 6.55. The van der Waals surface area contributed by atoms with Gasteiger partial charge in [-0.15, -0.1) is 0 Å². The van der Waals surface area contributed by atoms with Crippen molar-refractivity contribution < 1.29 is 37.0 Å². The summed E-state index contributed by atoms with van der Waals surface area (Å²) in [6.07, 6.45) is -4.94. The highest BCUT2D eigenvalue weighted by Crippen LogP contribution is 2.65. The summed E-state index contributed by atoms with van der Waals surface area (Å²) >= 11 is 18.8. The number of esters is 1. The average molecular weight is 661 g/mol. The molecular formula is C29H24Cl3F4N3O4. The maximum absolute atomic E-state index is 13.8. The van der Waals surface area contributed by atoms with Crippen LogP contribution in [-0.2, 0) is 15.7 Å². The minimum atomic E-state index is -4.94. The molecule has 0 radical (unpaired) electrons. The summed E-state index contributed by atoms with van der Waals surface area (Å²) in [6, 6.07) is 11.8. The first-order valence-electron chi connectivity index (χ1n) is 12.6. The Kier molecular flexibility index (Phi) is 9.39. The normalized spacial score (nSPS) is 16.7. The van der Waals surface area contributed by atoms with Gasteiger partial charge in [0.05, 0.1) is 22.1 Å². The molecular weight excluding hydrogens is 637 g/mol. The maximum Gasteiger partial charge on any atom is 0.419 e. The van der Waals surface area contributed by atoms with E-state index in [4.69, 9.17) is 39.5 Å². The molecule has 1 fully saturated rings. The number of aliphatic hydroxyl groups excluding tert-OH is 1. The lowest BCUT2D eigenvalue weighted by Gasteiger charge is -2.13. The van der Waals surface area contributed by atoms with Gasteiger partial charge in [-0.1, -0.05) is 40.9 Å². The molecule has 43 heavy (non-hydrogen) atoms. The number of anilines is 3. The van der Waals surface area contributed by atoms with Crippen LogP contribution in [0.2, 0.25) is 5.02 Å². The summed E-state index contributed by atoms with van der Waals surface area (Å²) in [4.78, 5) is 24.0. The Bertz CT molecular complexity index is 1610. The Morgan fingerprint density at radius 2 is 1.72 bits per heavy atom. The number of carbonyl (C=O) groups excluding carboxylic acids is 2. The maximum atomic E-state index is 13.8. The standard InChI is InChI=1S/C29H24Cl3F4N3O4/c1-14-11-17(37-9-10-43-15(2)40)5-8-23(14)39-26(41)19-13-18(4-6-21(19)30)38-27(42)25-24(28(25,31)32)16-3-7-22(33)20(12-16)29(34,35)36/h3-8,11-13,24,37-38,42H,9-10H2,1-2H3,(H,39,41)/b27-25+/t24-/m0/s1. The molecule has 0 bridgehead atoms. The zero-order valence-electron chi connectivity index (χ0n) is 22.5. The number of hydrogen-bond donors (Lipinski definition) is 4. The third-order valence-electron chi connectivity index (χ3n) is 6.50. The predicted molar refractivity (Wildman–Crippen MR) is 158 cm³/mol. The van der Waals surface area contributed by atoms with Crippen LogP contribution in [0.25, 0.3) is 0 Å². The molecule has 1 amide bonds. The second kappa shape index (κ2) is 12.5. The smallest absolute Gasteiger partial charge is 0.419 e. The molecule has 1 atom stereocenters. The molecule has 1 aliphatic rings. The largest absolute Gasteiger partial charge is 0.495 e. The molecule has 14 heteroatoms. The molecule has 1 aliphatic carbocycles. The van der Waals surface area contributed by atoms with Gasteiger partial charge in [0.1, 0.15) is 12.4 Å². The zero-order valence-corrected chi connectivity index (χ0v) is 24.8. The number of ether oxygens (including phenoxy) is 1. The second-order valence-electron chi connectivity index (χ2n) is 9.63. The summed E-state index contributed by atoms with van der Waals surface area (Å²) in [5.74, 6) is -3.99. The number of hydrogen-bond acceptors (Lipinski definition) is 6. The third kappa shape index (κ3) is 7.46. The highest BCUT2D eigenvalue weighted by atomic mass is 35.5. The molecule has 0 saturated heterocycles. The Morgan fingerprint density at radius 3 is 2.37 bits per heavy atom. The van der Waals surface area contributed by atoms with E-state index in [1.165, 1.54) is 25.1 Å². The van der Waals surface area contributed by atoms with Gasteiger partial charge in [0.25, 0.3) is 5.91 Å². The van der Waals surface area contributed by atoms with E-state index in [1.807, 2.05) is 0 Å². The van der Waals surface area contributed by atoms with Gasteiger partial charge in [0.2, 0.25) is 0 Å². The number of nitrogens with one attached hydrogen (secondary N) is 3. The molecule has 3 aromatic carbocycles. The molecule has 0 heterocycles. The number of rotatable bonds is 9. The number of halogens is 7. The van der Waals surface area contributed by atoms with Crippen LogP contribution in [0, 0.1) is 12.7 Å². The highest BCUT2D eigenvalue weighted by Gasteiger charge is 2.62. The molecule has 0 spiro atoms. The Hall–Kier alpha value is -3.67. The summed E-state index contributed by atoms with van der Waals surface area (Å²) < 4.78 is 56.5. The minimum absolute atomic E-state index is 0.0336. The van der Waals surface area contributed by atoms with E-state index in [1.54, 1.807) is 25.1 Å². The number of aryl methyl sites for hydroxylation is 1. The van der Waals surface area contributed by atoms with Gasteiger partial charge in [-0.3, -0.25) is 9.59 Å². The first-order chi connectivity index (χ1) is 20.1. The van der Waals surface area contributed by atoms with Gasteiger partial charge in [0.15, 0.2) is 10.2 Å². The van der Waals surface area contributed by atoms with E-state index >= 15 is 0 Å². The Morgan fingerprint density at radius 1 is 1.02 bits per heavy atom. The van der Waals surface area contributed by atoms with E-state index in [0.29, 0.717) is 24.4 Å². The lowest BCUT2D eigenvalue weighted by molar-refractivity contribution is -0.141. The monoisotopic (exact) mass is 659 g/mol. The van der Waals surface area contributed by atoms with E-state index < -0.39 is 39.6 Å². The molecule has 228 valence electrons. The molecule has 0 unspecified atom stereocenters. The van der Waals surface area contributed by atoms with Crippen molar-refractivity contribution in [2.24, 2.45) is 0 Å². The van der Waals surface area contributed by atoms with Crippen LogP contribution in [0.1, 0.15) is 39.9 Å². The number of aliphatic hydroxyl groups is 1. The fourth-order valence-electron chi connectivity index (χ4n) is 4.36. The van der Waals surface area contributed by atoms with Gasteiger partial charge in [-0.25, -0.2) is 4.39 Å². The van der Waals surface area contributed by atoms with Crippen molar-refractivity contribution in [2.45, 2.75) is 30.3 Å². The summed E-state index contributed by atoms with van der Waals surface area (Å²) in [6.45, 7) is 3.70. The molecule has 1 saturated carbocycles. The van der Waals surface area contributed by atoms with Crippen LogP contribution in [0.4, 0.5) is 34.6 Å². The first-order valence-corrected chi connectivity index (χ1v) is 13.8. The zero-order chi connectivity index (χ0) is 31.7. The van der Waals surface area contributed by atoms with Crippen molar-refractivity contribution in [1.29, 1.82) is 0 Å². The summed E-state index contributed by atoms with van der Waals surface area (Å²) in [7, 11) is 0. The van der Waals surface area contributed by atoms with Gasteiger partial charge in [-0.2, -0.15) is 13.2 Å². The van der Waals surface area contributed by atoms with Crippen molar-refractivity contribution in [3.8, 4) is 0 Å². The van der Waals surface area contributed by atoms with Gasteiger partial charge in [0, 0.05) is 36.1 Å². The van der Waals surface area contributed by atoms with Crippen LogP contribution < -0.4 is 16.0 Å². The van der Waals surface area contributed by atoms with Crippen LogP contribution in [0.15, 0.2) is 66.1 Å². The molecule has 0 aromatic heterocycles. The molecule has 7 nitrogen and oxygen atoms in total. The van der Waals surface area contributed by atoms with E-state index in [9.17, 15) is 32.3 Å². The van der Waals surface area contributed by atoms with Crippen molar-refractivity contribution in [3.63, 3.8) is 0 Å². The number of amides is 1. The fraction of sp³-hybridized carbons (Fsp3) is 0.241. The Labute approximate surface area is 258 Å². The number of allylic oxidation sites excluding steroid dienone is 1. The molecule has 4 N–H and O–H groups in total. The van der Waals surface area contributed by atoms with Crippen molar-refractivity contribution in [3.05, 3.63) is 99.1 Å². The number of benzene rings is 3. The predicted octanol–water partition coefficient (Wildman–Crippen LogP) is 8.19. The SMILES string of the molecule is CC(=O)OCCNc1ccc(NC(=O)c2cc(N/C(O)=C3/[C@H](c4ccc(F)c(C(F)(F)F)c4)C3(Cl)Cl)ccc2Cl)c(C)c1. The van der Waals surface area contributed by atoms with E-state index in [-0.39, 0.29) is 40.0 Å². The van der Waals surface area contributed by atoms with Crippen LogP contribution >= 0.6 is 34.8 Å². The summed E-state index contributed by atoms with van der Waals surface area (Å²) in [5, 5.41) is 19.4. The van der Waals surface area contributed by atoms with Crippen LogP contribution in [-0.4, -0.2) is 34.5 Å². The van der Waals surface area contributed by atoms with Gasteiger partial charge in [-0.05, 0) is 66.6 Å². The van der Waals surface area contributed by atoms with Gasteiger partial charge >= 0.3 is 12.1 Å². The molecule has 0 aliphatic heterocycles. The average Bonchev–Trinajstić information content (AvgIpc) is 3.50. The second-order valence-corrected chi connectivity index (χ2v) is 11.4. The van der Waals surface area contributed by atoms with Crippen LogP contribution in [0.3, 0.4) is 0 Å². The lowest BCUT2D eigenvalue weighted by Crippen LogP contribution is -2.14. The third-order valence-corrected chi connectivity index (χ3v) is 7.67. The quantitative estimate of drug-likeness (QED) is 0.0608. The lowest BCUT2D eigenvalue weighted by atomic mass is 10.1. The van der Waals surface area contributed by atoms with E-state index in [2.05, 4.69) is 16.0 Å². The fourth-order valence-corrected chi connectivity index (χ4v) is 5.32. The van der Waals surface area contributed by atoms with Crippen molar-refractivity contribution >= 4 is 63.7 Å². The molecule has 4 rings (SSSR count). The number of alkyl halides is 5. The van der Waals surface area contributed by atoms with Crippen molar-refractivity contribution in [1.82, 2.24) is 0 Å².